The predicted octanol–water partition coefficient (Wildman–Crippen LogP) is 3.59. The fourth-order valence-electron chi connectivity index (χ4n) is 2.09. The number of unbranched alkanes of at least 4 members (excludes halogenated alkanes) is 1. The van der Waals surface area contributed by atoms with Gasteiger partial charge < -0.3 is 10.2 Å². The first-order valence-corrected chi connectivity index (χ1v) is 6.71. The molecule has 17 heavy (non-hydrogen) atoms. The van der Waals surface area contributed by atoms with Gasteiger partial charge >= 0.3 is 0 Å². The minimum absolute atomic E-state index is 0.477. The fourth-order valence-corrected chi connectivity index (χ4v) is 2.09. The molecule has 1 atom stereocenters. The largest absolute Gasteiger partial charge is 0.375 e. The number of benzene rings is 1. The summed E-state index contributed by atoms with van der Waals surface area (Å²) in [6.07, 6.45) is 3.63. The molecule has 0 saturated heterocycles. The van der Waals surface area contributed by atoms with E-state index in [-0.39, 0.29) is 0 Å². The Bertz CT molecular complexity index is 301. The van der Waals surface area contributed by atoms with Gasteiger partial charge in [-0.25, -0.2) is 0 Å². The summed E-state index contributed by atoms with van der Waals surface area (Å²) in [6, 6.07) is 9.41. The van der Waals surface area contributed by atoms with Crippen molar-refractivity contribution in [2.45, 2.75) is 39.2 Å². The van der Waals surface area contributed by atoms with E-state index in [1.54, 1.807) is 0 Å². The molecule has 2 nitrogen and oxygen atoms in total. The third-order valence-corrected chi connectivity index (χ3v) is 3.34. The zero-order chi connectivity index (χ0) is 12.7. The summed E-state index contributed by atoms with van der Waals surface area (Å²) in [4.78, 5) is 2.33. The van der Waals surface area contributed by atoms with Crippen LogP contribution in [0.5, 0.6) is 0 Å². The molecule has 0 spiro atoms. The van der Waals surface area contributed by atoms with Crippen molar-refractivity contribution in [2.75, 3.05) is 25.5 Å². The number of rotatable bonds is 7. The van der Waals surface area contributed by atoms with E-state index in [9.17, 15) is 0 Å². The van der Waals surface area contributed by atoms with E-state index in [0.717, 1.165) is 13.0 Å². The first kappa shape index (κ1) is 14.0. The van der Waals surface area contributed by atoms with Gasteiger partial charge in [-0.15, -0.1) is 0 Å². The van der Waals surface area contributed by atoms with Gasteiger partial charge in [0.2, 0.25) is 0 Å². The van der Waals surface area contributed by atoms with Crippen LogP contribution in [0.25, 0.3) is 0 Å². The third kappa shape index (κ3) is 4.04. The molecule has 0 aliphatic carbocycles. The summed E-state index contributed by atoms with van der Waals surface area (Å²) in [5, 5.41) is 3.34. The van der Waals surface area contributed by atoms with E-state index in [1.165, 1.54) is 24.1 Å². The quantitative estimate of drug-likeness (QED) is 0.775. The molecule has 0 fully saturated rings. The van der Waals surface area contributed by atoms with E-state index in [2.05, 4.69) is 55.4 Å². The van der Waals surface area contributed by atoms with Crippen molar-refractivity contribution in [3.05, 3.63) is 29.8 Å². The number of nitrogens with one attached hydrogen (secondary N) is 1. The Morgan fingerprint density at radius 2 is 1.82 bits per heavy atom. The maximum Gasteiger partial charge on any atom is 0.0363 e. The van der Waals surface area contributed by atoms with Crippen LogP contribution in [0.4, 0.5) is 5.69 Å². The van der Waals surface area contributed by atoms with Crippen molar-refractivity contribution in [1.82, 2.24) is 5.32 Å². The van der Waals surface area contributed by atoms with Crippen LogP contribution in [0.1, 0.15) is 44.7 Å². The summed E-state index contributed by atoms with van der Waals surface area (Å²) < 4.78 is 0. The van der Waals surface area contributed by atoms with Gasteiger partial charge in [-0.3, -0.25) is 0 Å². The summed E-state index contributed by atoms with van der Waals surface area (Å²) in [5.41, 5.74) is 2.69. The highest BCUT2D eigenvalue weighted by Crippen LogP contribution is 2.20. The van der Waals surface area contributed by atoms with Gasteiger partial charge in [0.15, 0.2) is 0 Å². The van der Waals surface area contributed by atoms with Crippen LogP contribution in [0, 0.1) is 0 Å². The average Bonchev–Trinajstić information content (AvgIpc) is 2.38. The molecular formula is C15H26N2. The molecule has 0 aliphatic heterocycles. The van der Waals surface area contributed by atoms with E-state index < -0.39 is 0 Å². The highest BCUT2D eigenvalue weighted by molar-refractivity contribution is 5.47. The minimum atomic E-state index is 0.477. The van der Waals surface area contributed by atoms with Crippen molar-refractivity contribution in [2.24, 2.45) is 0 Å². The molecule has 1 N–H and O–H groups in total. The van der Waals surface area contributed by atoms with Gasteiger partial charge in [-0.1, -0.05) is 32.4 Å². The highest BCUT2D eigenvalue weighted by atomic mass is 15.1. The van der Waals surface area contributed by atoms with Crippen LogP contribution in [0.15, 0.2) is 24.3 Å². The Balaban J connectivity index is 2.66. The van der Waals surface area contributed by atoms with Crippen LogP contribution in [-0.2, 0) is 0 Å². The van der Waals surface area contributed by atoms with Crippen molar-refractivity contribution in [3.8, 4) is 0 Å². The molecule has 0 bridgehead atoms. The molecule has 1 unspecified atom stereocenters. The second kappa shape index (κ2) is 7.33. The molecule has 1 aromatic rings. The Morgan fingerprint density at radius 1 is 1.18 bits per heavy atom. The van der Waals surface area contributed by atoms with E-state index in [0.29, 0.717) is 6.04 Å². The molecule has 0 radical (unpaired) electrons. The number of nitrogens with zero attached hydrogens (tertiary/aromatic N) is 1. The highest BCUT2D eigenvalue weighted by Gasteiger charge is 2.06. The van der Waals surface area contributed by atoms with Crippen LogP contribution in [-0.4, -0.2) is 20.6 Å². The predicted molar refractivity (Wildman–Crippen MR) is 76.7 cm³/mol. The van der Waals surface area contributed by atoms with Gasteiger partial charge in [0.1, 0.15) is 0 Å². The monoisotopic (exact) mass is 234 g/mol. The van der Waals surface area contributed by atoms with Crippen LogP contribution in [0.2, 0.25) is 0 Å². The van der Waals surface area contributed by atoms with E-state index >= 15 is 0 Å². The molecule has 0 aromatic heterocycles. The molecular weight excluding hydrogens is 208 g/mol. The molecule has 1 aromatic carbocycles. The lowest BCUT2D eigenvalue weighted by molar-refractivity contribution is 0.577. The van der Waals surface area contributed by atoms with Crippen molar-refractivity contribution in [3.63, 3.8) is 0 Å². The maximum absolute atomic E-state index is 3.34. The maximum atomic E-state index is 3.34. The lowest BCUT2D eigenvalue weighted by Gasteiger charge is -2.20. The Labute approximate surface area is 106 Å². The summed E-state index contributed by atoms with van der Waals surface area (Å²) in [5.74, 6) is 0. The average molecular weight is 234 g/mol. The standard InChI is InChI=1S/C15H26N2/c1-5-7-12-17(4)14-10-8-13(9-11-14)15(6-2)16-3/h8-11,15-16H,5-7,12H2,1-4H3. The Hall–Kier alpha value is -1.02. The number of hydrogen-bond donors (Lipinski definition) is 1. The molecule has 0 heterocycles. The van der Waals surface area contributed by atoms with Gasteiger partial charge in [-0.2, -0.15) is 0 Å². The molecule has 96 valence electrons. The first-order chi connectivity index (χ1) is 8.22. The number of anilines is 1. The van der Waals surface area contributed by atoms with Crippen molar-refractivity contribution in [1.29, 1.82) is 0 Å². The zero-order valence-corrected chi connectivity index (χ0v) is 11.7. The minimum Gasteiger partial charge on any atom is -0.375 e. The smallest absolute Gasteiger partial charge is 0.0363 e. The lowest BCUT2D eigenvalue weighted by Crippen LogP contribution is -2.19. The number of hydrogen-bond acceptors (Lipinski definition) is 2. The second-order valence-electron chi connectivity index (χ2n) is 4.62. The summed E-state index contributed by atoms with van der Waals surface area (Å²) >= 11 is 0. The Kier molecular flexibility index (Phi) is 6.06. The van der Waals surface area contributed by atoms with Gasteiger partial charge in [0, 0.05) is 25.3 Å². The molecule has 0 saturated carbocycles. The van der Waals surface area contributed by atoms with Crippen molar-refractivity contribution < 1.29 is 0 Å². The molecule has 0 aliphatic rings. The van der Waals surface area contributed by atoms with Gasteiger partial charge in [0.25, 0.3) is 0 Å². The zero-order valence-electron chi connectivity index (χ0n) is 11.7. The normalized spacial score (nSPS) is 12.5. The summed E-state index contributed by atoms with van der Waals surface area (Å²) in [7, 11) is 4.19. The molecule has 1 rings (SSSR count). The summed E-state index contributed by atoms with van der Waals surface area (Å²) in [6.45, 7) is 5.58. The molecule has 2 heteroatoms. The molecule has 0 amide bonds. The van der Waals surface area contributed by atoms with E-state index in [1.807, 2.05) is 7.05 Å². The SMILES string of the molecule is CCCCN(C)c1ccc(C(CC)NC)cc1. The van der Waals surface area contributed by atoms with Gasteiger partial charge in [-0.05, 0) is 37.6 Å². The lowest BCUT2D eigenvalue weighted by atomic mass is 10.0. The van der Waals surface area contributed by atoms with Crippen LogP contribution < -0.4 is 10.2 Å². The fraction of sp³-hybridized carbons (Fsp3) is 0.600. The second-order valence-corrected chi connectivity index (χ2v) is 4.62. The topological polar surface area (TPSA) is 15.3 Å². The van der Waals surface area contributed by atoms with E-state index in [4.69, 9.17) is 0 Å². The van der Waals surface area contributed by atoms with Crippen molar-refractivity contribution >= 4 is 5.69 Å². The Morgan fingerprint density at radius 3 is 2.29 bits per heavy atom. The third-order valence-electron chi connectivity index (χ3n) is 3.34. The first-order valence-electron chi connectivity index (χ1n) is 6.71. The van der Waals surface area contributed by atoms with Gasteiger partial charge in [0.05, 0.1) is 0 Å². The van der Waals surface area contributed by atoms with Crippen LogP contribution >= 0.6 is 0 Å². The van der Waals surface area contributed by atoms with Crippen LogP contribution in [0.3, 0.4) is 0 Å².